The molecule has 0 atom stereocenters. The fourth-order valence-electron chi connectivity index (χ4n) is 2.12. The van der Waals surface area contributed by atoms with E-state index in [1.807, 2.05) is 0 Å². The van der Waals surface area contributed by atoms with E-state index in [0.717, 1.165) is 20.3 Å². The molecule has 10 heteroatoms. The van der Waals surface area contributed by atoms with Gasteiger partial charge in [0, 0.05) is 12.1 Å². The number of methoxy groups -OCH3 is 2. The number of ether oxygens (including phenoxy) is 3. The number of hydrogen-bond donors (Lipinski definition) is 0. The molecule has 2 heterocycles. The molecule has 2 aromatic rings. The minimum Gasteiger partial charge on any atom is -0.494 e. The number of halogens is 3. The van der Waals surface area contributed by atoms with Crippen molar-refractivity contribution in [3.8, 4) is 5.75 Å². The predicted octanol–water partition coefficient (Wildman–Crippen LogP) is 2.33. The summed E-state index contributed by atoms with van der Waals surface area (Å²) in [5.74, 6) is -2.21. The molecule has 7 nitrogen and oxygen atoms in total. The molecule has 0 amide bonds. The van der Waals surface area contributed by atoms with Crippen LogP contribution < -0.4 is 4.74 Å². The molecule has 0 aliphatic heterocycles. The first-order valence-electron chi connectivity index (χ1n) is 6.68. The normalized spacial score (nSPS) is 11.4. The van der Waals surface area contributed by atoms with Crippen LogP contribution in [0.3, 0.4) is 0 Å². The van der Waals surface area contributed by atoms with Gasteiger partial charge in [0.1, 0.15) is 17.0 Å². The molecule has 24 heavy (non-hydrogen) atoms. The summed E-state index contributed by atoms with van der Waals surface area (Å²) in [6.45, 7) is 1.70. The molecule has 0 aliphatic rings. The zero-order valence-electron chi connectivity index (χ0n) is 12.9. The second kappa shape index (κ2) is 6.38. The number of pyridine rings is 1. The molecule has 0 saturated carbocycles. The van der Waals surface area contributed by atoms with Crippen LogP contribution in [0.5, 0.6) is 5.75 Å². The van der Waals surface area contributed by atoms with Gasteiger partial charge < -0.3 is 14.2 Å². The van der Waals surface area contributed by atoms with Crippen molar-refractivity contribution in [1.29, 1.82) is 0 Å². The lowest BCUT2D eigenvalue weighted by atomic mass is 10.2. The Morgan fingerprint density at radius 1 is 1.17 bits per heavy atom. The molecule has 0 aromatic carbocycles. The van der Waals surface area contributed by atoms with Crippen LogP contribution in [-0.4, -0.2) is 42.4 Å². The van der Waals surface area contributed by atoms with Gasteiger partial charge in [-0.25, -0.2) is 14.1 Å². The van der Waals surface area contributed by atoms with E-state index in [4.69, 9.17) is 4.74 Å². The maximum absolute atomic E-state index is 13.3. The molecule has 2 rings (SSSR count). The maximum atomic E-state index is 13.3. The highest BCUT2D eigenvalue weighted by molar-refractivity contribution is 6.07. The van der Waals surface area contributed by atoms with Gasteiger partial charge in [-0.3, -0.25) is 0 Å². The first-order chi connectivity index (χ1) is 11.2. The van der Waals surface area contributed by atoms with Crippen LogP contribution in [0.4, 0.5) is 13.2 Å². The highest BCUT2D eigenvalue weighted by Crippen LogP contribution is 2.34. The van der Waals surface area contributed by atoms with Crippen molar-refractivity contribution in [2.45, 2.75) is 13.1 Å². The van der Waals surface area contributed by atoms with Crippen LogP contribution in [0, 0.1) is 0 Å². The molecule has 2 aromatic heterocycles. The first kappa shape index (κ1) is 17.6. The lowest BCUT2D eigenvalue weighted by molar-refractivity contribution is -0.142. The Kier molecular flexibility index (Phi) is 4.67. The molecule has 0 spiro atoms. The van der Waals surface area contributed by atoms with Crippen molar-refractivity contribution in [3.63, 3.8) is 0 Å². The molecular formula is C14H13F3N2O5. The lowest BCUT2D eigenvalue weighted by Gasteiger charge is -2.12. The summed E-state index contributed by atoms with van der Waals surface area (Å²) in [7, 11) is 2.05. The Morgan fingerprint density at radius 2 is 1.79 bits per heavy atom. The smallest absolute Gasteiger partial charge is 0.433 e. The molecule has 0 aliphatic carbocycles. The minimum atomic E-state index is -4.79. The Morgan fingerprint density at radius 3 is 2.29 bits per heavy atom. The van der Waals surface area contributed by atoms with Crippen molar-refractivity contribution in [2.24, 2.45) is 0 Å². The molecule has 0 unspecified atom stereocenters. The Labute approximate surface area is 133 Å². The molecule has 0 radical (unpaired) electrons. The number of esters is 2. The lowest BCUT2D eigenvalue weighted by Crippen LogP contribution is -2.13. The van der Waals surface area contributed by atoms with Crippen LogP contribution in [0.1, 0.15) is 33.5 Å². The Hall–Kier alpha value is -2.78. The third-order valence-electron chi connectivity index (χ3n) is 3.08. The van der Waals surface area contributed by atoms with Gasteiger partial charge in [-0.15, -0.1) is 0 Å². The number of alkyl halides is 3. The monoisotopic (exact) mass is 346 g/mol. The summed E-state index contributed by atoms with van der Waals surface area (Å²) < 4.78 is 54.4. The third kappa shape index (κ3) is 2.99. The van der Waals surface area contributed by atoms with Gasteiger partial charge in [0.25, 0.3) is 0 Å². The van der Waals surface area contributed by atoms with E-state index in [-0.39, 0.29) is 17.9 Å². The zero-order chi connectivity index (χ0) is 18.1. The zero-order valence-corrected chi connectivity index (χ0v) is 12.9. The van der Waals surface area contributed by atoms with E-state index in [0.29, 0.717) is 4.52 Å². The standard InChI is InChI=1S/C14H13F3N2O5/c1-4-24-7-5-8-10(12(20)22-2)11(13(21)23-3)18-19(8)9(6-7)14(15,16)17/h5-6H,4H2,1-3H3. The van der Waals surface area contributed by atoms with Crippen LogP contribution in [0.25, 0.3) is 5.52 Å². The quantitative estimate of drug-likeness (QED) is 0.791. The topological polar surface area (TPSA) is 79.1 Å². The van der Waals surface area contributed by atoms with Gasteiger partial charge in [-0.2, -0.15) is 18.3 Å². The molecule has 0 bridgehead atoms. The van der Waals surface area contributed by atoms with Crippen molar-refractivity contribution >= 4 is 17.5 Å². The fourth-order valence-corrected chi connectivity index (χ4v) is 2.12. The number of fused-ring (bicyclic) bond motifs is 1. The maximum Gasteiger partial charge on any atom is 0.433 e. The van der Waals surface area contributed by atoms with Gasteiger partial charge in [-0.05, 0) is 6.92 Å². The number of carbonyl (C=O) groups is 2. The number of carbonyl (C=O) groups excluding carboxylic acids is 2. The first-order valence-corrected chi connectivity index (χ1v) is 6.68. The number of aromatic nitrogens is 2. The van der Waals surface area contributed by atoms with E-state index < -0.39 is 35.1 Å². The third-order valence-corrected chi connectivity index (χ3v) is 3.08. The summed E-state index contributed by atoms with van der Waals surface area (Å²) >= 11 is 0. The second-order valence-electron chi connectivity index (χ2n) is 4.51. The van der Waals surface area contributed by atoms with Gasteiger partial charge in [0.2, 0.25) is 0 Å². The van der Waals surface area contributed by atoms with Crippen molar-refractivity contribution in [1.82, 2.24) is 9.61 Å². The van der Waals surface area contributed by atoms with Gasteiger partial charge in [0.15, 0.2) is 5.69 Å². The van der Waals surface area contributed by atoms with E-state index in [9.17, 15) is 22.8 Å². The number of hydrogen-bond acceptors (Lipinski definition) is 6. The second-order valence-corrected chi connectivity index (χ2v) is 4.51. The molecule has 0 N–H and O–H groups in total. The summed E-state index contributed by atoms with van der Waals surface area (Å²) in [4.78, 5) is 23.7. The Balaban J connectivity index is 2.91. The summed E-state index contributed by atoms with van der Waals surface area (Å²) in [5, 5.41) is 3.59. The van der Waals surface area contributed by atoms with Gasteiger partial charge in [-0.1, -0.05) is 0 Å². The molecule has 130 valence electrons. The van der Waals surface area contributed by atoms with E-state index >= 15 is 0 Å². The van der Waals surface area contributed by atoms with Crippen molar-refractivity contribution in [3.05, 3.63) is 29.1 Å². The molecule has 0 fully saturated rings. The van der Waals surface area contributed by atoms with Gasteiger partial charge >= 0.3 is 18.1 Å². The predicted molar refractivity (Wildman–Crippen MR) is 74.0 cm³/mol. The molecule has 0 saturated heterocycles. The largest absolute Gasteiger partial charge is 0.494 e. The summed E-state index contributed by atoms with van der Waals surface area (Å²) in [6.07, 6.45) is -4.79. The number of nitrogens with zero attached hydrogens (tertiary/aromatic N) is 2. The number of rotatable bonds is 4. The fraction of sp³-hybridized carbons (Fsp3) is 0.357. The SMILES string of the molecule is CCOc1cc(C(F)(F)F)n2nc(C(=O)OC)c(C(=O)OC)c2c1. The van der Waals surface area contributed by atoms with Crippen LogP contribution in [-0.2, 0) is 15.7 Å². The van der Waals surface area contributed by atoms with E-state index in [1.54, 1.807) is 6.92 Å². The van der Waals surface area contributed by atoms with Crippen molar-refractivity contribution in [2.75, 3.05) is 20.8 Å². The minimum absolute atomic E-state index is 0.110. The highest BCUT2D eigenvalue weighted by atomic mass is 19.4. The Bertz CT molecular complexity index is 798. The van der Waals surface area contributed by atoms with E-state index in [1.165, 1.54) is 6.07 Å². The summed E-state index contributed by atoms with van der Waals surface area (Å²) in [5.41, 5.74) is -2.50. The highest BCUT2D eigenvalue weighted by Gasteiger charge is 2.37. The van der Waals surface area contributed by atoms with Crippen LogP contribution in [0.2, 0.25) is 0 Å². The molecular weight excluding hydrogens is 333 g/mol. The average molecular weight is 346 g/mol. The van der Waals surface area contributed by atoms with E-state index in [2.05, 4.69) is 14.6 Å². The van der Waals surface area contributed by atoms with Gasteiger partial charge in [0.05, 0.1) is 26.3 Å². The van der Waals surface area contributed by atoms with Crippen LogP contribution in [0.15, 0.2) is 12.1 Å². The average Bonchev–Trinajstić information content (AvgIpc) is 2.91. The summed E-state index contributed by atoms with van der Waals surface area (Å²) in [6, 6.07) is 1.90. The van der Waals surface area contributed by atoms with Crippen molar-refractivity contribution < 1.29 is 37.0 Å². The van der Waals surface area contributed by atoms with Crippen LogP contribution >= 0.6 is 0 Å².